The van der Waals surface area contributed by atoms with Gasteiger partial charge in [-0.3, -0.25) is 4.79 Å². The highest BCUT2D eigenvalue weighted by molar-refractivity contribution is 6.30. The first-order valence-electron chi connectivity index (χ1n) is 9.58. The van der Waals surface area contributed by atoms with Crippen molar-refractivity contribution < 1.29 is 4.79 Å². The SMILES string of the molecule is Cc1ccc(Cn2c([C@@H](C)NC(=O)c3ccc(Cl)cc3)nc3ccccc32)cc1. The predicted molar refractivity (Wildman–Crippen MR) is 117 cm³/mol. The first-order valence-corrected chi connectivity index (χ1v) is 9.96. The molecule has 1 heterocycles. The molecule has 1 aromatic heterocycles. The third kappa shape index (κ3) is 4.17. The highest BCUT2D eigenvalue weighted by Crippen LogP contribution is 2.23. The number of nitrogens with one attached hydrogen (secondary N) is 1. The van der Waals surface area contributed by atoms with Crippen LogP contribution in [0.15, 0.2) is 72.8 Å². The van der Waals surface area contributed by atoms with Gasteiger partial charge in [0.25, 0.3) is 5.91 Å². The van der Waals surface area contributed by atoms with Crippen LogP contribution in [0.5, 0.6) is 0 Å². The van der Waals surface area contributed by atoms with Crippen LogP contribution >= 0.6 is 11.6 Å². The van der Waals surface area contributed by atoms with E-state index in [0.29, 0.717) is 17.1 Å². The summed E-state index contributed by atoms with van der Waals surface area (Å²) >= 11 is 5.93. The number of aryl methyl sites for hydroxylation is 1. The number of hydrogen-bond acceptors (Lipinski definition) is 2. The van der Waals surface area contributed by atoms with E-state index in [1.807, 2.05) is 25.1 Å². The molecule has 0 aliphatic heterocycles. The van der Waals surface area contributed by atoms with E-state index in [-0.39, 0.29) is 11.9 Å². The summed E-state index contributed by atoms with van der Waals surface area (Å²) in [7, 11) is 0. The zero-order chi connectivity index (χ0) is 20.4. The van der Waals surface area contributed by atoms with E-state index in [1.165, 1.54) is 11.1 Å². The van der Waals surface area contributed by atoms with Gasteiger partial charge in [-0.05, 0) is 55.8 Å². The molecule has 0 bridgehead atoms. The Morgan fingerprint density at radius 2 is 1.72 bits per heavy atom. The van der Waals surface area contributed by atoms with Crippen LogP contribution in [-0.2, 0) is 6.54 Å². The summed E-state index contributed by atoms with van der Waals surface area (Å²) in [4.78, 5) is 17.5. The molecular formula is C24H22ClN3O. The van der Waals surface area contributed by atoms with Crippen molar-refractivity contribution in [2.75, 3.05) is 0 Å². The number of nitrogens with zero attached hydrogens (tertiary/aromatic N) is 2. The number of carbonyl (C=O) groups excluding carboxylic acids is 1. The minimum Gasteiger partial charge on any atom is -0.342 e. The largest absolute Gasteiger partial charge is 0.342 e. The molecular weight excluding hydrogens is 382 g/mol. The molecule has 1 atom stereocenters. The van der Waals surface area contributed by atoms with Crippen molar-refractivity contribution in [3.05, 3.63) is 100 Å². The van der Waals surface area contributed by atoms with Crippen molar-refractivity contribution in [1.29, 1.82) is 0 Å². The van der Waals surface area contributed by atoms with Gasteiger partial charge in [-0.15, -0.1) is 0 Å². The normalized spacial score (nSPS) is 12.1. The number of carbonyl (C=O) groups is 1. The number of amides is 1. The Morgan fingerprint density at radius 3 is 2.45 bits per heavy atom. The fourth-order valence-corrected chi connectivity index (χ4v) is 3.54. The zero-order valence-corrected chi connectivity index (χ0v) is 17.1. The average molecular weight is 404 g/mol. The molecule has 0 unspecified atom stereocenters. The minimum atomic E-state index is -0.254. The summed E-state index contributed by atoms with van der Waals surface area (Å²) in [6.07, 6.45) is 0. The number of para-hydroxylation sites is 2. The molecule has 0 aliphatic rings. The fourth-order valence-electron chi connectivity index (χ4n) is 3.41. The maximum Gasteiger partial charge on any atom is 0.251 e. The number of hydrogen-bond donors (Lipinski definition) is 1. The highest BCUT2D eigenvalue weighted by atomic mass is 35.5. The molecule has 0 saturated carbocycles. The monoisotopic (exact) mass is 403 g/mol. The number of aromatic nitrogens is 2. The lowest BCUT2D eigenvalue weighted by molar-refractivity contribution is 0.0938. The predicted octanol–water partition coefficient (Wildman–Crippen LogP) is 5.54. The Morgan fingerprint density at radius 1 is 1.03 bits per heavy atom. The first kappa shape index (κ1) is 19.2. The Bertz CT molecular complexity index is 1150. The molecule has 146 valence electrons. The smallest absolute Gasteiger partial charge is 0.251 e. The van der Waals surface area contributed by atoms with Gasteiger partial charge in [-0.2, -0.15) is 0 Å². The summed E-state index contributed by atoms with van der Waals surface area (Å²) in [6, 6.07) is 23.2. The Hall–Kier alpha value is -3.11. The number of rotatable bonds is 5. The number of imidazole rings is 1. The van der Waals surface area contributed by atoms with Crippen molar-refractivity contribution >= 4 is 28.5 Å². The molecule has 29 heavy (non-hydrogen) atoms. The molecule has 0 saturated heterocycles. The minimum absolute atomic E-state index is 0.150. The van der Waals surface area contributed by atoms with Gasteiger partial charge in [0.15, 0.2) is 0 Å². The van der Waals surface area contributed by atoms with Gasteiger partial charge in [-0.25, -0.2) is 4.98 Å². The third-order valence-corrected chi connectivity index (χ3v) is 5.24. The van der Waals surface area contributed by atoms with Gasteiger partial charge >= 0.3 is 0 Å². The van der Waals surface area contributed by atoms with Gasteiger partial charge in [0.05, 0.1) is 17.1 Å². The second-order valence-electron chi connectivity index (χ2n) is 7.23. The van der Waals surface area contributed by atoms with Crippen molar-refractivity contribution in [1.82, 2.24) is 14.9 Å². The summed E-state index contributed by atoms with van der Waals surface area (Å²) < 4.78 is 2.17. The molecule has 0 radical (unpaired) electrons. The molecule has 0 aliphatic carbocycles. The van der Waals surface area contributed by atoms with E-state index in [9.17, 15) is 4.79 Å². The first-order chi connectivity index (χ1) is 14.0. The van der Waals surface area contributed by atoms with Crippen molar-refractivity contribution in [2.45, 2.75) is 26.4 Å². The summed E-state index contributed by atoms with van der Waals surface area (Å²) in [5.41, 5.74) is 4.96. The number of fused-ring (bicyclic) bond motifs is 1. The van der Waals surface area contributed by atoms with Gasteiger partial charge < -0.3 is 9.88 Å². The second-order valence-corrected chi connectivity index (χ2v) is 7.67. The van der Waals surface area contributed by atoms with Crippen LogP contribution in [0.25, 0.3) is 11.0 Å². The topological polar surface area (TPSA) is 46.9 Å². The summed E-state index contributed by atoms with van der Waals surface area (Å²) in [6.45, 7) is 4.73. The van der Waals surface area contributed by atoms with E-state index in [2.05, 4.69) is 47.1 Å². The molecule has 4 rings (SSSR count). The van der Waals surface area contributed by atoms with Crippen LogP contribution in [0.3, 0.4) is 0 Å². The maximum atomic E-state index is 12.7. The van der Waals surface area contributed by atoms with Crippen LogP contribution in [0.1, 0.15) is 40.3 Å². The third-order valence-electron chi connectivity index (χ3n) is 4.99. The molecule has 0 spiro atoms. The van der Waals surface area contributed by atoms with Gasteiger partial charge in [0.1, 0.15) is 5.82 Å². The Balaban J connectivity index is 1.65. The van der Waals surface area contributed by atoms with Crippen LogP contribution < -0.4 is 5.32 Å². The number of halogens is 1. The quantitative estimate of drug-likeness (QED) is 0.475. The van der Waals surface area contributed by atoms with Crippen LogP contribution in [0, 0.1) is 6.92 Å². The molecule has 4 nitrogen and oxygen atoms in total. The molecule has 1 amide bonds. The van der Waals surface area contributed by atoms with Gasteiger partial charge in [0, 0.05) is 17.1 Å². The Labute approximate surface area is 175 Å². The molecule has 3 aromatic carbocycles. The number of benzene rings is 3. The van der Waals surface area contributed by atoms with Crippen LogP contribution in [0.2, 0.25) is 5.02 Å². The summed E-state index contributed by atoms with van der Waals surface area (Å²) in [5, 5.41) is 3.67. The van der Waals surface area contributed by atoms with E-state index >= 15 is 0 Å². The maximum absolute atomic E-state index is 12.7. The van der Waals surface area contributed by atoms with Gasteiger partial charge in [-0.1, -0.05) is 53.6 Å². The van der Waals surface area contributed by atoms with Crippen LogP contribution in [0.4, 0.5) is 0 Å². The molecule has 5 heteroatoms. The lowest BCUT2D eigenvalue weighted by Gasteiger charge is -2.17. The lowest BCUT2D eigenvalue weighted by atomic mass is 10.1. The standard InChI is InChI=1S/C24H22ClN3O/c1-16-7-9-18(10-8-16)15-28-22-6-4-3-5-21(22)27-23(28)17(2)26-24(29)19-11-13-20(25)14-12-19/h3-14,17H,15H2,1-2H3,(H,26,29)/t17-/m1/s1. The van der Waals surface area contributed by atoms with Gasteiger partial charge in [0.2, 0.25) is 0 Å². The molecule has 0 fully saturated rings. The average Bonchev–Trinajstić information content (AvgIpc) is 3.09. The van der Waals surface area contributed by atoms with E-state index in [4.69, 9.17) is 16.6 Å². The lowest BCUT2D eigenvalue weighted by Crippen LogP contribution is -2.28. The van der Waals surface area contributed by atoms with Crippen molar-refractivity contribution in [3.63, 3.8) is 0 Å². The van der Waals surface area contributed by atoms with Crippen LogP contribution in [-0.4, -0.2) is 15.5 Å². The van der Waals surface area contributed by atoms with Crippen molar-refractivity contribution in [3.8, 4) is 0 Å². The van der Waals surface area contributed by atoms with E-state index < -0.39 is 0 Å². The molecule has 4 aromatic rings. The van der Waals surface area contributed by atoms with Crippen molar-refractivity contribution in [2.24, 2.45) is 0 Å². The zero-order valence-electron chi connectivity index (χ0n) is 16.4. The Kier molecular flexibility index (Phi) is 5.36. The second kappa shape index (κ2) is 8.10. The van der Waals surface area contributed by atoms with E-state index in [0.717, 1.165) is 16.9 Å². The van der Waals surface area contributed by atoms with E-state index in [1.54, 1.807) is 24.3 Å². The highest BCUT2D eigenvalue weighted by Gasteiger charge is 2.19. The summed E-state index contributed by atoms with van der Waals surface area (Å²) in [5.74, 6) is 0.678. The molecule has 1 N–H and O–H groups in total. The fraction of sp³-hybridized carbons (Fsp3) is 0.167.